The molecular formula is C12H20F3N5O. The van der Waals surface area contributed by atoms with E-state index in [0.29, 0.717) is 19.6 Å². The standard InChI is InChI=1S/C12H20F3N5O/c1-4-7-20(8-12(13,14)15)10-17-9(16-5-2)18-11(19-10)21-6-3/h4-8H2,1-3H3,(H,16,17,18,19). The van der Waals surface area contributed by atoms with Gasteiger partial charge in [-0.2, -0.15) is 28.1 Å². The minimum atomic E-state index is -4.33. The highest BCUT2D eigenvalue weighted by atomic mass is 19.4. The molecule has 0 atom stereocenters. The number of hydrogen-bond donors (Lipinski definition) is 1. The third kappa shape index (κ3) is 6.01. The van der Waals surface area contributed by atoms with Crippen molar-refractivity contribution in [1.29, 1.82) is 0 Å². The Morgan fingerprint density at radius 1 is 1.14 bits per heavy atom. The fourth-order valence-electron chi connectivity index (χ4n) is 1.65. The molecule has 1 N–H and O–H groups in total. The molecule has 1 heterocycles. The lowest BCUT2D eigenvalue weighted by Gasteiger charge is -2.23. The van der Waals surface area contributed by atoms with Crippen LogP contribution in [-0.2, 0) is 0 Å². The van der Waals surface area contributed by atoms with Gasteiger partial charge in [-0.1, -0.05) is 6.92 Å². The summed E-state index contributed by atoms with van der Waals surface area (Å²) in [5, 5.41) is 2.86. The van der Waals surface area contributed by atoms with Crippen molar-refractivity contribution in [3.63, 3.8) is 0 Å². The largest absolute Gasteiger partial charge is 0.464 e. The molecule has 120 valence electrons. The molecule has 0 aliphatic carbocycles. The summed E-state index contributed by atoms with van der Waals surface area (Å²) in [4.78, 5) is 13.0. The molecule has 0 aliphatic heterocycles. The number of aromatic nitrogens is 3. The number of hydrogen-bond acceptors (Lipinski definition) is 6. The Morgan fingerprint density at radius 3 is 2.38 bits per heavy atom. The zero-order valence-electron chi connectivity index (χ0n) is 12.4. The second-order valence-corrected chi connectivity index (χ2v) is 4.24. The lowest BCUT2D eigenvalue weighted by atomic mass is 10.4. The summed E-state index contributed by atoms with van der Waals surface area (Å²) in [6.45, 7) is 5.32. The highest BCUT2D eigenvalue weighted by Crippen LogP contribution is 2.22. The van der Waals surface area contributed by atoms with Gasteiger partial charge in [-0.3, -0.25) is 0 Å². The monoisotopic (exact) mass is 307 g/mol. The van der Waals surface area contributed by atoms with Gasteiger partial charge in [0.25, 0.3) is 0 Å². The number of ether oxygens (including phenoxy) is 1. The maximum Gasteiger partial charge on any atom is 0.406 e. The van der Waals surface area contributed by atoms with E-state index < -0.39 is 12.7 Å². The normalized spacial score (nSPS) is 11.3. The first-order chi connectivity index (χ1) is 9.89. The lowest BCUT2D eigenvalue weighted by Crippen LogP contribution is -2.36. The Balaban J connectivity index is 3.09. The lowest BCUT2D eigenvalue weighted by molar-refractivity contribution is -0.119. The third-order valence-electron chi connectivity index (χ3n) is 2.36. The predicted molar refractivity (Wildman–Crippen MR) is 73.7 cm³/mol. The molecule has 1 rings (SSSR count). The van der Waals surface area contributed by atoms with Crippen LogP contribution in [0.25, 0.3) is 0 Å². The number of nitrogens with one attached hydrogen (secondary N) is 1. The van der Waals surface area contributed by atoms with Crippen molar-refractivity contribution in [3.8, 4) is 6.01 Å². The molecule has 0 spiro atoms. The van der Waals surface area contributed by atoms with E-state index in [1.54, 1.807) is 13.8 Å². The minimum Gasteiger partial charge on any atom is -0.464 e. The van der Waals surface area contributed by atoms with Crippen molar-refractivity contribution in [2.45, 2.75) is 33.4 Å². The van der Waals surface area contributed by atoms with Crippen LogP contribution in [0.2, 0.25) is 0 Å². The molecule has 1 aromatic heterocycles. The Bertz CT molecular complexity index is 417. The van der Waals surface area contributed by atoms with Crippen molar-refractivity contribution in [2.24, 2.45) is 0 Å². The first-order valence-corrected chi connectivity index (χ1v) is 6.84. The summed E-state index contributed by atoms with van der Waals surface area (Å²) in [5.41, 5.74) is 0. The summed E-state index contributed by atoms with van der Waals surface area (Å²) in [6, 6.07) is 0.0155. The van der Waals surface area contributed by atoms with Gasteiger partial charge < -0.3 is 15.0 Å². The summed E-state index contributed by atoms with van der Waals surface area (Å²) in [7, 11) is 0. The van der Waals surface area contributed by atoms with Crippen LogP contribution in [0.5, 0.6) is 6.01 Å². The zero-order valence-corrected chi connectivity index (χ0v) is 12.4. The molecule has 0 fully saturated rings. The number of anilines is 2. The Hall–Kier alpha value is -1.80. The number of nitrogens with zero attached hydrogens (tertiary/aromatic N) is 4. The van der Waals surface area contributed by atoms with Crippen LogP contribution < -0.4 is 15.0 Å². The van der Waals surface area contributed by atoms with E-state index in [9.17, 15) is 13.2 Å². The molecule has 21 heavy (non-hydrogen) atoms. The van der Waals surface area contributed by atoms with Gasteiger partial charge >= 0.3 is 12.2 Å². The molecule has 0 saturated carbocycles. The van der Waals surface area contributed by atoms with Crippen molar-refractivity contribution < 1.29 is 17.9 Å². The zero-order chi connectivity index (χ0) is 15.9. The van der Waals surface area contributed by atoms with Gasteiger partial charge in [-0.15, -0.1) is 0 Å². The molecule has 0 radical (unpaired) electrons. The van der Waals surface area contributed by atoms with E-state index in [0.717, 1.165) is 4.90 Å². The van der Waals surface area contributed by atoms with Crippen LogP contribution in [0.4, 0.5) is 25.1 Å². The number of rotatable bonds is 8. The Morgan fingerprint density at radius 2 is 1.86 bits per heavy atom. The topological polar surface area (TPSA) is 63.2 Å². The van der Waals surface area contributed by atoms with E-state index in [2.05, 4.69) is 20.3 Å². The quantitative estimate of drug-likeness (QED) is 0.796. The van der Waals surface area contributed by atoms with Gasteiger partial charge in [0, 0.05) is 13.1 Å². The summed E-state index contributed by atoms with van der Waals surface area (Å²) in [5.74, 6) is 0.165. The van der Waals surface area contributed by atoms with Gasteiger partial charge in [0.05, 0.1) is 6.61 Å². The average Bonchev–Trinajstić information content (AvgIpc) is 2.37. The van der Waals surface area contributed by atoms with Gasteiger partial charge in [-0.25, -0.2) is 0 Å². The minimum absolute atomic E-state index is 0.0155. The van der Waals surface area contributed by atoms with E-state index in [1.165, 1.54) is 0 Å². The predicted octanol–water partition coefficient (Wildman–Crippen LogP) is 2.48. The molecule has 9 heteroatoms. The first-order valence-electron chi connectivity index (χ1n) is 6.84. The summed E-state index contributed by atoms with van der Waals surface area (Å²) < 4.78 is 43.1. The van der Waals surface area contributed by atoms with Crippen LogP contribution in [0, 0.1) is 0 Å². The molecule has 0 unspecified atom stereocenters. The maximum absolute atomic E-state index is 12.7. The summed E-state index contributed by atoms with van der Waals surface area (Å²) >= 11 is 0. The van der Waals surface area contributed by atoms with Gasteiger partial charge in [0.15, 0.2) is 0 Å². The van der Waals surface area contributed by atoms with E-state index in [-0.39, 0.29) is 24.5 Å². The fraction of sp³-hybridized carbons (Fsp3) is 0.750. The highest BCUT2D eigenvalue weighted by Gasteiger charge is 2.32. The number of alkyl halides is 3. The highest BCUT2D eigenvalue weighted by molar-refractivity contribution is 5.38. The SMILES string of the molecule is CCCN(CC(F)(F)F)c1nc(NCC)nc(OCC)n1. The van der Waals surface area contributed by atoms with Gasteiger partial charge in [0.2, 0.25) is 11.9 Å². The molecule has 0 saturated heterocycles. The van der Waals surface area contributed by atoms with Crippen LogP contribution in [0.1, 0.15) is 27.2 Å². The van der Waals surface area contributed by atoms with Gasteiger partial charge in [-0.05, 0) is 20.3 Å². The van der Waals surface area contributed by atoms with Crippen LogP contribution in [0.3, 0.4) is 0 Å². The van der Waals surface area contributed by atoms with Crippen molar-refractivity contribution in [1.82, 2.24) is 15.0 Å². The third-order valence-corrected chi connectivity index (χ3v) is 2.36. The molecule has 0 bridgehead atoms. The van der Waals surface area contributed by atoms with Crippen molar-refractivity contribution in [3.05, 3.63) is 0 Å². The Kier molecular flexibility index (Phi) is 6.44. The smallest absolute Gasteiger partial charge is 0.406 e. The molecule has 1 aromatic rings. The fourth-order valence-corrected chi connectivity index (χ4v) is 1.65. The first kappa shape index (κ1) is 17.3. The van der Waals surface area contributed by atoms with Gasteiger partial charge in [0.1, 0.15) is 6.54 Å². The van der Waals surface area contributed by atoms with Crippen LogP contribution in [0.15, 0.2) is 0 Å². The molecule has 0 aliphatic rings. The molecule has 0 amide bonds. The van der Waals surface area contributed by atoms with E-state index >= 15 is 0 Å². The Labute approximate surface area is 121 Å². The second-order valence-electron chi connectivity index (χ2n) is 4.24. The maximum atomic E-state index is 12.7. The van der Waals surface area contributed by atoms with E-state index in [4.69, 9.17) is 4.74 Å². The van der Waals surface area contributed by atoms with Crippen molar-refractivity contribution in [2.75, 3.05) is 36.5 Å². The molecule has 6 nitrogen and oxygen atoms in total. The van der Waals surface area contributed by atoms with Crippen LogP contribution >= 0.6 is 0 Å². The summed E-state index contributed by atoms with van der Waals surface area (Å²) in [6.07, 6.45) is -3.78. The number of halogens is 3. The second kappa shape index (κ2) is 7.84. The van der Waals surface area contributed by atoms with E-state index in [1.807, 2.05) is 6.92 Å². The average molecular weight is 307 g/mol. The molecular weight excluding hydrogens is 287 g/mol. The van der Waals surface area contributed by atoms with Crippen molar-refractivity contribution >= 4 is 11.9 Å². The molecule has 0 aromatic carbocycles. The van der Waals surface area contributed by atoms with Crippen LogP contribution in [-0.4, -0.2) is 47.4 Å².